The maximum atomic E-state index is 13.7. The second kappa shape index (κ2) is 12.6. The molecule has 37 heavy (non-hydrogen) atoms. The van der Waals surface area contributed by atoms with E-state index in [1.807, 2.05) is 0 Å². The van der Waals surface area contributed by atoms with Crippen molar-refractivity contribution in [3.8, 4) is 5.75 Å². The maximum Gasteiger partial charge on any atom is 0.273 e. The molecule has 0 spiro atoms. The molecule has 0 aliphatic carbocycles. The molecule has 10 nitrogen and oxygen atoms in total. The van der Waals surface area contributed by atoms with Crippen molar-refractivity contribution in [3.63, 3.8) is 0 Å². The molecule has 0 bridgehead atoms. The minimum Gasteiger partial charge on any atom is -0.495 e. The Kier molecular flexibility index (Phi) is 9.74. The van der Waals surface area contributed by atoms with E-state index < -0.39 is 27.4 Å². The molecule has 1 fully saturated rings. The van der Waals surface area contributed by atoms with E-state index in [0.29, 0.717) is 12.1 Å². The van der Waals surface area contributed by atoms with Crippen molar-refractivity contribution in [2.75, 3.05) is 44.1 Å². The van der Waals surface area contributed by atoms with Crippen LogP contribution in [0.1, 0.15) is 31.7 Å². The molecule has 1 amide bonds. The van der Waals surface area contributed by atoms with Gasteiger partial charge in [0, 0.05) is 23.2 Å². The number of likely N-dealkylation sites (tertiary alicyclic amines) is 1. The number of ether oxygens (including phenoxy) is 1. The zero-order chi connectivity index (χ0) is 27.2. The number of nitro groups is 1. The van der Waals surface area contributed by atoms with Crippen LogP contribution in [0.5, 0.6) is 5.75 Å². The summed E-state index contributed by atoms with van der Waals surface area (Å²) in [6, 6.07) is 8.04. The Labute approximate surface area is 222 Å². The van der Waals surface area contributed by atoms with Crippen molar-refractivity contribution in [2.45, 2.75) is 38.0 Å². The summed E-state index contributed by atoms with van der Waals surface area (Å²) in [6.07, 6.45) is 3.06. The van der Waals surface area contributed by atoms with Gasteiger partial charge in [0.2, 0.25) is 5.91 Å². The Morgan fingerprint density at radius 1 is 1.24 bits per heavy atom. The summed E-state index contributed by atoms with van der Waals surface area (Å²) in [5, 5.41) is 14.5. The van der Waals surface area contributed by atoms with Crippen molar-refractivity contribution in [3.05, 3.63) is 57.1 Å². The topological polar surface area (TPSA) is 122 Å². The zero-order valence-electron chi connectivity index (χ0n) is 21.3. The second-order valence-corrected chi connectivity index (χ2v) is 11.6. The van der Waals surface area contributed by atoms with Crippen LogP contribution in [0.15, 0.2) is 41.3 Å². The summed E-state index contributed by atoms with van der Waals surface area (Å²) < 4.78 is 33.6. The number of anilines is 1. The normalized spacial score (nSPS) is 14.8. The number of rotatable bonds is 11. The molecular formula is C25H33ClN4O6S. The number of carbonyl (C=O) groups excluding carboxylic acids is 1. The van der Waals surface area contributed by atoms with Crippen LogP contribution in [0.4, 0.5) is 11.4 Å². The zero-order valence-corrected chi connectivity index (χ0v) is 22.8. The second-order valence-electron chi connectivity index (χ2n) is 9.26. The van der Waals surface area contributed by atoms with E-state index in [2.05, 4.69) is 17.1 Å². The fourth-order valence-electron chi connectivity index (χ4n) is 4.23. The predicted molar refractivity (Wildman–Crippen MR) is 143 cm³/mol. The SMILES string of the molecule is COc1ccc(Cl)cc1N(CC(=O)NCCCN1CCC(C)CC1)S(=O)(=O)c1ccc(C)c([N+](=O)[O-])c1. The molecule has 0 atom stereocenters. The summed E-state index contributed by atoms with van der Waals surface area (Å²) in [6.45, 7) is 6.54. The van der Waals surface area contributed by atoms with Crippen LogP contribution < -0.4 is 14.4 Å². The fraction of sp³-hybridized carbons (Fsp3) is 0.480. The largest absolute Gasteiger partial charge is 0.495 e. The van der Waals surface area contributed by atoms with Crippen LogP contribution in [0, 0.1) is 23.0 Å². The molecule has 0 saturated carbocycles. The third-order valence-corrected chi connectivity index (χ3v) is 8.50. The molecule has 1 N–H and O–H groups in total. The Bertz CT molecular complexity index is 1230. The van der Waals surface area contributed by atoms with Gasteiger partial charge in [0.1, 0.15) is 12.3 Å². The molecule has 3 rings (SSSR count). The number of hydrogen-bond donors (Lipinski definition) is 1. The number of aryl methyl sites for hydroxylation is 1. The molecule has 1 aliphatic rings. The molecule has 12 heteroatoms. The number of nitrogens with one attached hydrogen (secondary N) is 1. The van der Waals surface area contributed by atoms with Crippen molar-refractivity contribution < 1.29 is 22.9 Å². The number of benzene rings is 2. The van der Waals surface area contributed by atoms with E-state index in [1.54, 1.807) is 0 Å². The smallest absolute Gasteiger partial charge is 0.273 e. The lowest BCUT2D eigenvalue weighted by atomic mass is 9.99. The quantitative estimate of drug-likeness (QED) is 0.254. The standard InChI is InChI=1S/C25H33ClN4O6S/c1-18-9-13-28(14-10-18)12-4-11-27-25(31)17-29(23-15-20(26)6-8-24(23)36-3)37(34,35)21-7-5-19(2)22(16-21)30(32)33/h5-8,15-16,18H,4,9-14,17H2,1-3H3,(H,27,31). The predicted octanol–water partition coefficient (Wildman–Crippen LogP) is 4.00. The van der Waals surface area contributed by atoms with E-state index >= 15 is 0 Å². The average Bonchev–Trinajstić information content (AvgIpc) is 2.86. The summed E-state index contributed by atoms with van der Waals surface area (Å²) in [5.74, 6) is 0.406. The van der Waals surface area contributed by atoms with Crippen molar-refractivity contribution in [1.82, 2.24) is 10.2 Å². The van der Waals surface area contributed by atoms with Gasteiger partial charge in [-0.3, -0.25) is 19.2 Å². The van der Waals surface area contributed by atoms with Crippen LogP contribution in [-0.2, 0) is 14.8 Å². The van der Waals surface area contributed by atoms with Crippen molar-refractivity contribution in [1.29, 1.82) is 0 Å². The number of sulfonamides is 1. The first kappa shape index (κ1) is 28.7. The van der Waals surface area contributed by atoms with Gasteiger partial charge in [-0.05, 0) is 76.0 Å². The highest BCUT2D eigenvalue weighted by Gasteiger charge is 2.31. The number of hydrogen-bond acceptors (Lipinski definition) is 7. The van der Waals surface area contributed by atoms with Crippen LogP contribution in [0.3, 0.4) is 0 Å². The van der Waals surface area contributed by atoms with Gasteiger partial charge < -0.3 is 15.0 Å². The van der Waals surface area contributed by atoms with Crippen LogP contribution in [0.25, 0.3) is 0 Å². The van der Waals surface area contributed by atoms with Crippen molar-refractivity contribution in [2.24, 2.45) is 5.92 Å². The Morgan fingerprint density at radius 2 is 1.95 bits per heavy atom. The van der Waals surface area contributed by atoms with Gasteiger partial charge in [0.25, 0.3) is 15.7 Å². The lowest BCUT2D eigenvalue weighted by molar-refractivity contribution is -0.385. The molecule has 2 aromatic carbocycles. The van der Waals surface area contributed by atoms with E-state index in [4.69, 9.17) is 16.3 Å². The first-order chi connectivity index (χ1) is 17.5. The molecule has 0 radical (unpaired) electrons. The maximum absolute atomic E-state index is 13.7. The van der Waals surface area contributed by atoms with Gasteiger partial charge in [-0.2, -0.15) is 0 Å². The number of nitro benzene ring substituents is 1. The number of nitrogens with zero attached hydrogens (tertiary/aromatic N) is 3. The van der Waals surface area contributed by atoms with Crippen molar-refractivity contribution >= 4 is 38.9 Å². The minimum absolute atomic E-state index is 0.0517. The van der Waals surface area contributed by atoms with Crippen LogP contribution in [-0.4, -0.2) is 64.0 Å². The third-order valence-electron chi connectivity index (χ3n) is 6.51. The minimum atomic E-state index is -4.40. The number of piperidine rings is 1. The molecule has 0 aromatic heterocycles. The van der Waals surface area contributed by atoms with Crippen LogP contribution >= 0.6 is 11.6 Å². The number of carbonyl (C=O) groups is 1. The average molecular weight is 553 g/mol. The monoisotopic (exact) mass is 552 g/mol. The Hall–Kier alpha value is -2.89. The van der Waals surface area contributed by atoms with Gasteiger partial charge in [-0.25, -0.2) is 8.42 Å². The van der Waals surface area contributed by atoms with Crippen LogP contribution in [0.2, 0.25) is 5.02 Å². The fourth-order valence-corrected chi connectivity index (χ4v) is 5.84. The molecule has 1 aliphatic heterocycles. The number of methoxy groups -OCH3 is 1. The Morgan fingerprint density at radius 3 is 2.59 bits per heavy atom. The van der Waals surface area contributed by atoms with E-state index in [9.17, 15) is 23.3 Å². The lowest BCUT2D eigenvalue weighted by Crippen LogP contribution is -2.42. The summed E-state index contributed by atoms with van der Waals surface area (Å²) >= 11 is 6.15. The molecule has 1 saturated heterocycles. The number of amides is 1. The summed E-state index contributed by atoms with van der Waals surface area (Å²) in [7, 11) is -3.03. The Balaban J connectivity index is 1.82. The lowest BCUT2D eigenvalue weighted by Gasteiger charge is -2.30. The highest BCUT2D eigenvalue weighted by Crippen LogP contribution is 2.35. The molecular weight excluding hydrogens is 520 g/mol. The summed E-state index contributed by atoms with van der Waals surface area (Å²) in [4.78, 5) is 25.7. The van der Waals surface area contributed by atoms with Gasteiger partial charge >= 0.3 is 0 Å². The highest BCUT2D eigenvalue weighted by atomic mass is 35.5. The van der Waals surface area contributed by atoms with Gasteiger partial charge in [0.15, 0.2) is 0 Å². The first-order valence-corrected chi connectivity index (χ1v) is 13.9. The van der Waals surface area contributed by atoms with Gasteiger partial charge in [-0.15, -0.1) is 0 Å². The number of halogens is 1. The van der Waals surface area contributed by atoms with E-state index in [1.165, 1.54) is 44.4 Å². The molecule has 1 heterocycles. The third kappa shape index (κ3) is 7.33. The first-order valence-electron chi connectivity index (χ1n) is 12.1. The molecule has 2 aromatic rings. The van der Waals surface area contributed by atoms with Gasteiger partial charge in [-0.1, -0.05) is 24.6 Å². The highest BCUT2D eigenvalue weighted by molar-refractivity contribution is 7.92. The molecule has 202 valence electrons. The molecule has 0 unspecified atom stereocenters. The van der Waals surface area contributed by atoms with E-state index in [-0.39, 0.29) is 27.0 Å². The van der Waals surface area contributed by atoms with Gasteiger partial charge in [0.05, 0.1) is 22.6 Å². The summed E-state index contributed by atoms with van der Waals surface area (Å²) in [5.41, 5.74) is 0.0307. The van der Waals surface area contributed by atoms with E-state index in [0.717, 1.165) is 55.2 Å².